The third-order valence-corrected chi connectivity index (χ3v) is 9.40. The minimum absolute atomic E-state index is 0.287. The van der Waals surface area contributed by atoms with Gasteiger partial charge < -0.3 is 13.7 Å². The number of ether oxygens (including phenoxy) is 1. The van der Waals surface area contributed by atoms with Crippen LogP contribution in [0.3, 0.4) is 0 Å². The number of rotatable bonds is 8. The summed E-state index contributed by atoms with van der Waals surface area (Å²) in [5.41, 5.74) is 2.36. The Morgan fingerprint density at radius 1 is 0.892 bits per heavy atom. The van der Waals surface area contributed by atoms with Gasteiger partial charge in [-0.3, -0.25) is 0 Å². The molecule has 37 heavy (non-hydrogen) atoms. The summed E-state index contributed by atoms with van der Waals surface area (Å²) in [6, 6.07) is 26.1. The van der Waals surface area contributed by atoms with Crippen LogP contribution < -0.4 is 10.4 Å². The highest BCUT2D eigenvalue weighted by atomic mass is 35.5. The number of aromatic nitrogens is 1. The molecule has 0 aliphatic carbocycles. The van der Waals surface area contributed by atoms with Crippen LogP contribution in [-0.4, -0.2) is 26.2 Å². The van der Waals surface area contributed by atoms with E-state index in [4.69, 9.17) is 32.4 Å². The average molecular weight is 553 g/mol. The fourth-order valence-electron chi connectivity index (χ4n) is 4.39. The van der Waals surface area contributed by atoms with Crippen molar-refractivity contribution in [2.75, 3.05) is 6.61 Å². The fraction of sp³-hybridized carbons (Fsp3) is 0.233. The molecule has 3 aromatic carbocycles. The van der Waals surface area contributed by atoms with E-state index in [0.717, 1.165) is 11.1 Å². The molecule has 7 heteroatoms. The molecular weight excluding hydrogens is 521 g/mol. The summed E-state index contributed by atoms with van der Waals surface area (Å²) in [4.78, 5) is 12.6. The molecule has 0 bridgehead atoms. The molecule has 0 saturated heterocycles. The van der Waals surface area contributed by atoms with Crippen molar-refractivity contribution in [3.8, 4) is 5.69 Å². The molecule has 0 unspecified atom stereocenters. The highest BCUT2D eigenvalue weighted by Crippen LogP contribution is 2.41. The maximum absolute atomic E-state index is 12.6. The maximum Gasteiger partial charge on any atom is 0.355 e. The SMILES string of the molecule is CCOC(=O)c1cccn1-c1cc(CO[SiH](c2ccccc2)c2ccccc2)c(Cl)c(C(C)(C)C)c1Cl. The number of hydrogen-bond acceptors (Lipinski definition) is 3. The molecule has 0 saturated carbocycles. The van der Waals surface area contributed by atoms with Crippen LogP contribution >= 0.6 is 23.2 Å². The van der Waals surface area contributed by atoms with Gasteiger partial charge in [-0.25, -0.2) is 4.79 Å². The number of nitrogens with zero attached hydrogens (tertiary/aromatic N) is 1. The summed E-state index contributed by atoms with van der Waals surface area (Å²) >= 11 is 14.0. The molecule has 4 rings (SSSR count). The van der Waals surface area contributed by atoms with Crippen LogP contribution in [0.25, 0.3) is 5.69 Å². The zero-order valence-corrected chi connectivity index (χ0v) is 24.2. The Balaban J connectivity index is 1.79. The number of esters is 1. The first-order chi connectivity index (χ1) is 17.7. The quantitative estimate of drug-likeness (QED) is 0.190. The van der Waals surface area contributed by atoms with Crippen LogP contribution in [0, 0.1) is 0 Å². The van der Waals surface area contributed by atoms with Crippen LogP contribution in [0.15, 0.2) is 85.1 Å². The Bertz CT molecular complexity index is 1330. The summed E-state index contributed by atoms with van der Waals surface area (Å²) < 4.78 is 13.7. The van der Waals surface area contributed by atoms with Crippen LogP contribution in [0.5, 0.6) is 0 Å². The van der Waals surface area contributed by atoms with E-state index in [0.29, 0.717) is 28.0 Å². The van der Waals surface area contributed by atoms with E-state index in [9.17, 15) is 4.79 Å². The fourth-order valence-corrected chi connectivity index (χ4v) is 7.71. The lowest BCUT2D eigenvalue weighted by molar-refractivity contribution is 0.0517. The first kappa shape index (κ1) is 27.2. The van der Waals surface area contributed by atoms with Crippen LogP contribution in [0.1, 0.15) is 49.3 Å². The molecule has 1 heterocycles. The van der Waals surface area contributed by atoms with Crippen molar-refractivity contribution in [1.29, 1.82) is 0 Å². The highest BCUT2D eigenvalue weighted by molar-refractivity contribution is 6.80. The van der Waals surface area contributed by atoms with Gasteiger partial charge in [0.25, 0.3) is 0 Å². The van der Waals surface area contributed by atoms with Gasteiger partial charge in [0.2, 0.25) is 9.04 Å². The van der Waals surface area contributed by atoms with E-state index in [1.54, 1.807) is 23.6 Å². The Morgan fingerprint density at radius 3 is 2.03 bits per heavy atom. The third kappa shape index (κ3) is 6.02. The third-order valence-electron chi connectivity index (χ3n) is 6.11. The van der Waals surface area contributed by atoms with Gasteiger partial charge in [-0.1, -0.05) is 105 Å². The molecule has 0 aliphatic heterocycles. The molecule has 0 aliphatic rings. The topological polar surface area (TPSA) is 40.5 Å². The van der Waals surface area contributed by atoms with Crippen molar-refractivity contribution in [2.45, 2.75) is 39.7 Å². The highest BCUT2D eigenvalue weighted by Gasteiger charge is 2.28. The van der Waals surface area contributed by atoms with Gasteiger partial charge in [0.1, 0.15) is 5.69 Å². The molecule has 4 aromatic rings. The van der Waals surface area contributed by atoms with Gasteiger partial charge in [0.15, 0.2) is 0 Å². The Labute approximate surface area is 230 Å². The minimum Gasteiger partial charge on any atom is -0.461 e. The molecule has 192 valence electrons. The monoisotopic (exact) mass is 551 g/mol. The van der Waals surface area contributed by atoms with Gasteiger partial charge in [-0.05, 0) is 52.0 Å². The number of carbonyl (C=O) groups is 1. The lowest BCUT2D eigenvalue weighted by Gasteiger charge is -2.27. The van der Waals surface area contributed by atoms with Crippen molar-refractivity contribution in [2.24, 2.45) is 0 Å². The molecular formula is C30H31Cl2NO3Si. The lowest BCUT2D eigenvalue weighted by Crippen LogP contribution is -2.44. The Hall–Kier alpha value is -2.83. The molecule has 0 amide bonds. The number of benzene rings is 3. The van der Waals surface area contributed by atoms with Gasteiger partial charge in [0.05, 0.1) is 28.9 Å². The Kier molecular flexibility index (Phi) is 8.60. The smallest absolute Gasteiger partial charge is 0.355 e. The Morgan fingerprint density at radius 2 is 1.49 bits per heavy atom. The van der Waals surface area contributed by atoms with E-state index >= 15 is 0 Å². The number of halogens is 2. The lowest BCUT2D eigenvalue weighted by atomic mass is 9.85. The van der Waals surface area contributed by atoms with Gasteiger partial charge in [-0.2, -0.15) is 0 Å². The molecule has 0 spiro atoms. The molecule has 0 fully saturated rings. The predicted octanol–water partition coefficient (Wildman–Crippen LogP) is 6.31. The summed E-state index contributed by atoms with van der Waals surface area (Å²) in [5.74, 6) is -0.408. The standard InChI is InChI=1S/C30H31Cl2NO3Si/c1-5-35-29(34)24-17-12-18-33(24)25-19-21(27(31)26(28(25)32)30(2,3)4)20-36-37(22-13-8-6-9-14-22)23-15-10-7-11-16-23/h6-19,37H,5,20H2,1-4H3. The van der Waals surface area contributed by atoms with Gasteiger partial charge in [-0.15, -0.1) is 0 Å². The largest absolute Gasteiger partial charge is 0.461 e. The predicted molar refractivity (Wildman–Crippen MR) is 155 cm³/mol. The zero-order valence-electron chi connectivity index (χ0n) is 21.5. The van der Waals surface area contributed by atoms with Crippen molar-refractivity contribution >= 4 is 48.6 Å². The van der Waals surface area contributed by atoms with Crippen molar-refractivity contribution in [1.82, 2.24) is 4.57 Å². The molecule has 1 aromatic heterocycles. The molecule has 4 nitrogen and oxygen atoms in total. The van der Waals surface area contributed by atoms with Gasteiger partial charge >= 0.3 is 5.97 Å². The minimum atomic E-state index is -2.00. The van der Waals surface area contributed by atoms with Crippen LogP contribution in [0.2, 0.25) is 10.0 Å². The first-order valence-electron chi connectivity index (χ1n) is 12.3. The van der Waals surface area contributed by atoms with Gasteiger partial charge in [0, 0.05) is 6.20 Å². The molecule has 0 radical (unpaired) electrons. The number of carbonyl (C=O) groups excluding carboxylic acids is 1. The summed E-state index contributed by atoms with van der Waals surface area (Å²) in [6.07, 6.45) is 1.81. The zero-order chi connectivity index (χ0) is 26.6. The van der Waals surface area contributed by atoms with Crippen LogP contribution in [-0.2, 0) is 21.2 Å². The number of hydrogen-bond donors (Lipinski definition) is 0. The summed E-state index contributed by atoms with van der Waals surface area (Å²) in [7, 11) is -2.00. The molecule has 0 atom stereocenters. The van der Waals surface area contributed by atoms with E-state index in [1.165, 1.54) is 10.4 Å². The second kappa shape index (κ2) is 11.7. The summed E-state index contributed by atoms with van der Waals surface area (Å²) in [5, 5.41) is 3.46. The maximum atomic E-state index is 12.6. The van der Waals surface area contributed by atoms with Crippen molar-refractivity contribution in [3.05, 3.63) is 112 Å². The second-order valence-electron chi connectivity index (χ2n) is 9.80. The van der Waals surface area contributed by atoms with E-state index in [1.807, 2.05) is 48.7 Å². The van der Waals surface area contributed by atoms with Crippen molar-refractivity contribution in [3.63, 3.8) is 0 Å². The van der Waals surface area contributed by atoms with Crippen LogP contribution in [0.4, 0.5) is 0 Å². The average Bonchev–Trinajstić information content (AvgIpc) is 3.36. The van der Waals surface area contributed by atoms with Crippen molar-refractivity contribution < 1.29 is 14.0 Å². The van der Waals surface area contributed by atoms with E-state index in [2.05, 4.69) is 45.0 Å². The van der Waals surface area contributed by atoms with E-state index in [-0.39, 0.29) is 12.0 Å². The molecule has 0 N–H and O–H groups in total. The summed E-state index contributed by atoms with van der Waals surface area (Å²) in [6.45, 7) is 8.59. The van der Waals surface area contributed by atoms with E-state index < -0.39 is 15.0 Å². The second-order valence-corrected chi connectivity index (χ2v) is 13.0. The first-order valence-corrected chi connectivity index (χ1v) is 14.7. The normalized spacial score (nSPS) is 11.6.